The molecule has 0 aromatic heterocycles. The average Bonchev–Trinajstić information content (AvgIpc) is 2.60. The van der Waals surface area contributed by atoms with Gasteiger partial charge in [-0.2, -0.15) is 0 Å². The first-order valence-corrected chi connectivity index (χ1v) is 9.61. The molecule has 1 heterocycles. The quantitative estimate of drug-likeness (QED) is 0.448. The second kappa shape index (κ2) is 10.9. The van der Waals surface area contributed by atoms with E-state index in [-0.39, 0.29) is 11.9 Å². The molecular weight excluding hydrogens is 318 g/mol. The summed E-state index contributed by atoms with van der Waals surface area (Å²) in [5.74, 6) is 0.530. The number of hydrogen-bond acceptors (Lipinski definition) is 4. The molecule has 1 aliphatic rings. The Bertz CT molecular complexity index is 479. The van der Waals surface area contributed by atoms with Gasteiger partial charge >= 0.3 is 7.12 Å². The fourth-order valence-electron chi connectivity index (χ4n) is 3.59. The third-order valence-electron chi connectivity index (χ3n) is 5.25. The fraction of sp³-hybridized carbons (Fsp3) is 0.684. The molecule has 4 nitrogen and oxygen atoms in total. The van der Waals surface area contributed by atoms with E-state index < -0.39 is 7.12 Å². The van der Waals surface area contributed by atoms with E-state index in [2.05, 4.69) is 4.90 Å². The van der Waals surface area contributed by atoms with Crippen molar-refractivity contribution in [3.8, 4) is 0 Å². The van der Waals surface area contributed by atoms with E-state index in [9.17, 15) is 4.39 Å². The van der Waals surface area contributed by atoms with Gasteiger partial charge in [-0.3, -0.25) is 0 Å². The first-order valence-electron chi connectivity index (χ1n) is 9.61. The largest absolute Gasteiger partial charge is 0.451 e. The van der Waals surface area contributed by atoms with Crippen LogP contribution >= 0.6 is 0 Å². The van der Waals surface area contributed by atoms with Crippen LogP contribution < -0.4 is 5.73 Å². The summed E-state index contributed by atoms with van der Waals surface area (Å²) >= 11 is 0. The molecule has 1 fully saturated rings. The molecule has 6 heteroatoms. The van der Waals surface area contributed by atoms with Crippen LogP contribution in [0.1, 0.15) is 44.1 Å². The smallest absolute Gasteiger partial charge is 0.427 e. The number of halogens is 1. The van der Waals surface area contributed by atoms with Crippen molar-refractivity contribution < 1.29 is 14.4 Å². The minimum absolute atomic E-state index is 0.164. The van der Waals surface area contributed by atoms with E-state index in [0.29, 0.717) is 12.2 Å². The topological polar surface area (TPSA) is 69.7 Å². The zero-order valence-electron chi connectivity index (χ0n) is 15.1. The summed E-state index contributed by atoms with van der Waals surface area (Å²) < 4.78 is 13.0. The highest BCUT2D eigenvalue weighted by Crippen LogP contribution is 2.22. The van der Waals surface area contributed by atoms with E-state index in [1.807, 2.05) is 12.1 Å². The number of nitrogens with two attached hydrogens (primary N) is 1. The van der Waals surface area contributed by atoms with E-state index >= 15 is 0 Å². The molecule has 0 saturated carbocycles. The van der Waals surface area contributed by atoms with Gasteiger partial charge in [-0.1, -0.05) is 25.0 Å². The highest BCUT2D eigenvalue weighted by molar-refractivity contribution is 6.40. The maximum Gasteiger partial charge on any atom is 0.451 e. The summed E-state index contributed by atoms with van der Waals surface area (Å²) in [6.45, 7) is 3.29. The number of nitrogens with zero attached hydrogens (tertiary/aromatic N) is 1. The standard InChI is InChI=1S/C19H32BFN2O2/c21-18-6-4-16(5-7-18)15-17-8-12-23(13-9-17)14-10-19(22)3-1-2-11-20(24)25/h4-7,17,19,24-25H,1-3,8-15,22H2. The molecule has 25 heavy (non-hydrogen) atoms. The van der Waals surface area contributed by atoms with Gasteiger partial charge in [0.25, 0.3) is 0 Å². The lowest BCUT2D eigenvalue weighted by Crippen LogP contribution is -2.37. The predicted molar refractivity (Wildman–Crippen MR) is 101 cm³/mol. The molecule has 0 spiro atoms. The number of piperidine rings is 1. The number of likely N-dealkylation sites (tertiary alicyclic amines) is 1. The van der Waals surface area contributed by atoms with Gasteiger partial charge in [0.05, 0.1) is 0 Å². The summed E-state index contributed by atoms with van der Waals surface area (Å²) in [5.41, 5.74) is 7.40. The Balaban J connectivity index is 1.56. The minimum Gasteiger partial charge on any atom is -0.427 e. The maximum absolute atomic E-state index is 13.0. The molecule has 1 aliphatic heterocycles. The van der Waals surface area contributed by atoms with Gasteiger partial charge in [-0.05, 0) is 81.7 Å². The monoisotopic (exact) mass is 350 g/mol. The van der Waals surface area contributed by atoms with Crippen molar-refractivity contribution in [2.75, 3.05) is 19.6 Å². The van der Waals surface area contributed by atoms with Crippen molar-refractivity contribution >= 4 is 7.12 Å². The summed E-state index contributed by atoms with van der Waals surface area (Å²) in [6, 6.07) is 7.10. The molecule has 0 bridgehead atoms. The lowest BCUT2D eigenvalue weighted by atomic mass is 9.83. The van der Waals surface area contributed by atoms with Crippen molar-refractivity contribution in [2.24, 2.45) is 11.7 Å². The van der Waals surface area contributed by atoms with Crippen molar-refractivity contribution in [3.05, 3.63) is 35.6 Å². The zero-order valence-corrected chi connectivity index (χ0v) is 15.1. The lowest BCUT2D eigenvalue weighted by Gasteiger charge is -2.32. The molecule has 140 valence electrons. The van der Waals surface area contributed by atoms with Crippen LogP contribution in [0.3, 0.4) is 0 Å². The first-order chi connectivity index (χ1) is 12.0. The van der Waals surface area contributed by atoms with Gasteiger partial charge in [0.1, 0.15) is 5.82 Å². The molecule has 0 amide bonds. The van der Waals surface area contributed by atoms with Crippen molar-refractivity contribution in [1.29, 1.82) is 0 Å². The second-order valence-electron chi connectivity index (χ2n) is 7.43. The molecular formula is C19H32BFN2O2. The number of unbranched alkanes of at least 4 members (excludes halogenated alkanes) is 1. The highest BCUT2D eigenvalue weighted by Gasteiger charge is 2.19. The summed E-state index contributed by atoms with van der Waals surface area (Å²) in [6.07, 6.45) is 7.61. The molecule has 1 aromatic carbocycles. The third kappa shape index (κ3) is 8.32. The molecule has 1 unspecified atom stereocenters. The number of hydrogen-bond donors (Lipinski definition) is 3. The van der Waals surface area contributed by atoms with Crippen LogP contribution in [0, 0.1) is 11.7 Å². The Morgan fingerprint density at radius 3 is 2.44 bits per heavy atom. The van der Waals surface area contributed by atoms with E-state index in [1.54, 1.807) is 12.1 Å². The molecule has 2 rings (SSSR count). The van der Waals surface area contributed by atoms with Crippen molar-refractivity contribution in [2.45, 2.75) is 57.3 Å². The number of benzene rings is 1. The Labute approximate surface area is 151 Å². The molecule has 4 N–H and O–H groups in total. The second-order valence-corrected chi connectivity index (χ2v) is 7.43. The summed E-state index contributed by atoms with van der Waals surface area (Å²) in [4.78, 5) is 2.50. The normalized spacial score (nSPS) is 17.6. The summed E-state index contributed by atoms with van der Waals surface area (Å²) in [7, 11) is -1.19. The van der Waals surface area contributed by atoms with Gasteiger partial charge < -0.3 is 20.7 Å². The molecule has 1 saturated heterocycles. The van der Waals surface area contributed by atoms with Crippen LogP contribution in [-0.2, 0) is 6.42 Å². The van der Waals surface area contributed by atoms with Gasteiger partial charge in [0, 0.05) is 6.04 Å². The van der Waals surface area contributed by atoms with E-state index in [4.69, 9.17) is 15.8 Å². The lowest BCUT2D eigenvalue weighted by molar-refractivity contribution is 0.178. The highest BCUT2D eigenvalue weighted by atomic mass is 19.1. The van der Waals surface area contributed by atoms with Crippen LogP contribution in [-0.4, -0.2) is 47.7 Å². The SMILES string of the molecule is NC(CCCCB(O)O)CCN1CCC(Cc2ccc(F)cc2)CC1. The molecule has 0 aliphatic carbocycles. The Kier molecular flexibility index (Phi) is 8.89. The molecule has 1 atom stereocenters. The first kappa shape index (κ1) is 20.4. The molecule has 0 radical (unpaired) electrons. The Hall–Kier alpha value is -0.945. The maximum atomic E-state index is 13.0. The number of rotatable bonds is 10. The third-order valence-corrected chi connectivity index (χ3v) is 5.25. The zero-order chi connectivity index (χ0) is 18.1. The van der Waals surface area contributed by atoms with Gasteiger partial charge in [-0.25, -0.2) is 4.39 Å². The fourth-order valence-corrected chi connectivity index (χ4v) is 3.59. The van der Waals surface area contributed by atoms with E-state index in [0.717, 1.165) is 51.7 Å². The van der Waals surface area contributed by atoms with Crippen LogP contribution in [0.4, 0.5) is 4.39 Å². The van der Waals surface area contributed by atoms with Crippen molar-refractivity contribution in [3.63, 3.8) is 0 Å². The van der Waals surface area contributed by atoms with Gasteiger partial charge in [0.15, 0.2) is 0 Å². The average molecular weight is 350 g/mol. The Morgan fingerprint density at radius 2 is 1.80 bits per heavy atom. The van der Waals surface area contributed by atoms with Crippen LogP contribution in [0.25, 0.3) is 0 Å². The Morgan fingerprint density at radius 1 is 1.12 bits per heavy atom. The van der Waals surface area contributed by atoms with E-state index in [1.165, 1.54) is 18.4 Å². The van der Waals surface area contributed by atoms with Gasteiger partial charge in [0.2, 0.25) is 0 Å². The molecule has 1 aromatic rings. The minimum atomic E-state index is -1.19. The van der Waals surface area contributed by atoms with Gasteiger partial charge in [-0.15, -0.1) is 0 Å². The van der Waals surface area contributed by atoms with Crippen LogP contribution in [0.15, 0.2) is 24.3 Å². The predicted octanol–water partition coefficient (Wildman–Crippen LogP) is 2.44. The van der Waals surface area contributed by atoms with Crippen molar-refractivity contribution in [1.82, 2.24) is 4.90 Å². The van der Waals surface area contributed by atoms with Crippen LogP contribution in [0.2, 0.25) is 6.32 Å². The van der Waals surface area contributed by atoms with Crippen LogP contribution in [0.5, 0.6) is 0 Å². The summed E-state index contributed by atoms with van der Waals surface area (Å²) in [5, 5.41) is 17.6.